The van der Waals surface area contributed by atoms with Crippen molar-refractivity contribution < 1.29 is 18.7 Å². The van der Waals surface area contributed by atoms with Crippen molar-refractivity contribution >= 4 is 16.9 Å². The lowest BCUT2D eigenvalue weighted by Crippen LogP contribution is -2.29. The fourth-order valence-corrected chi connectivity index (χ4v) is 2.81. The minimum Gasteiger partial charge on any atom is -0.497 e. The molecule has 0 saturated heterocycles. The van der Waals surface area contributed by atoms with Crippen LogP contribution in [0, 0.1) is 13.8 Å². The van der Waals surface area contributed by atoms with Crippen LogP contribution < -0.4 is 14.8 Å². The highest BCUT2D eigenvalue weighted by atomic mass is 16.5. The fourth-order valence-electron chi connectivity index (χ4n) is 2.81. The molecule has 3 rings (SSSR count). The molecule has 1 N–H and O–H groups in total. The number of amides is 1. The van der Waals surface area contributed by atoms with E-state index < -0.39 is 0 Å². The molecule has 5 nitrogen and oxygen atoms in total. The van der Waals surface area contributed by atoms with Crippen LogP contribution >= 0.6 is 0 Å². The van der Waals surface area contributed by atoms with Gasteiger partial charge in [-0.25, -0.2) is 0 Å². The normalized spacial score (nSPS) is 10.7. The van der Waals surface area contributed by atoms with Crippen LogP contribution in [0.4, 0.5) is 0 Å². The first-order valence-corrected chi connectivity index (χ1v) is 8.58. The molecule has 1 aromatic heterocycles. The second-order valence-electron chi connectivity index (χ2n) is 6.20. The topological polar surface area (TPSA) is 60.7 Å². The molecule has 0 radical (unpaired) electrons. The lowest BCUT2D eigenvalue weighted by Gasteiger charge is -2.08. The van der Waals surface area contributed by atoms with E-state index in [1.54, 1.807) is 13.4 Å². The van der Waals surface area contributed by atoms with Gasteiger partial charge in [-0.05, 0) is 37.1 Å². The zero-order valence-corrected chi connectivity index (χ0v) is 15.3. The van der Waals surface area contributed by atoms with E-state index in [2.05, 4.69) is 11.4 Å². The van der Waals surface area contributed by atoms with Gasteiger partial charge in [0.25, 0.3) is 0 Å². The van der Waals surface area contributed by atoms with Gasteiger partial charge in [-0.15, -0.1) is 0 Å². The summed E-state index contributed by atoms with van der Waals surface area (Å²) in [4.78, 5) is 12.2. The van der Waals surface area contributed by atoms with Gasteiger partial charge in [-0.1, -0.05) is 18.2 Å². The maximum atomic E-state index is 12.2. The third kappa shape index (κ3) is 3.99. The van der Waals surface area contributed by atoms with Crippen molar-refractivity contribution in [3.8, 4) is 11.5 Å². The Labute approximate surface area is 152 Å². The zero-order chi connectivity index (χ0) is 18.5. The molecule has 2 aromatic carbocycles. The molecule has 0 aliphatic rings. The Hall–Kier alpha value is -2.95. The van der Waals surface area contributed by atoms with Crippen molar-refractivity contribution in [2.75, 3.05) is 20.3 Å². The number of carbonyl (C=O) groups excluding carboxylic acids is 1. The Morgan fingerprint density at radius 1 is 1.15 bits per heavy atom. The highest BCUT2D eigenvalue weighted by Gasteiger charge is 2.12. The highest BCUT2D eigenvalue weighted by molar-refractivity contribution is 5.89. The van der Waals surface area contributed by atoms with Crippen LogP contribution in [0.15, 0.2) is 47.1 Å². The number of hydrogen-bond donors (Lipinski definition) is 1. The third-order valence-corrected chi connectivity index (χ3v) is 4.43. The number of rotatable bonds is 7. The molecular weight excluding hydrogens is 330 g/mol. The quantitative estimate of drug-likeness (QED) is 0.657. The van der Waals surface area contributed by atoms with Gasteiger partial charge in [-0.2, -0.15) is 0 Å². The van der Waals surface area contributed by atoms with E-state index in [1.807, 2.05) is 44.2 Å². The summed E-state index contributed by atoms with van der Waals surface area (Å²) in [5.74, 6) is 1.40. The van der Waals surface area contributed by atoms with Crippen LogP contribution in [-0.2, 0) is 11.2 Å². The molecular formula is C21H23NO4. The lowest BCUT2D eigenvalue weighted by molar-refractivity contribution is -0.120. The summed E-state index contributed by atoms with van der Waals surface area (Å²) >= 11 is 0. The molecule has 0 unspecified atom stereocenters. The van der Waals surface area contributed by atoms with Crippen LogP contribution in [0.3, 0.4) is 0 Å². The summed E-state index contributed by atoms with van der Waals surface area (Å²) in [6.07, 6.45) is 1.96. The molecule has 136 valence electrons. The summed E-state index contributed by atoms with van der Waals surface area (Å²) in [6.45, 7) is 4.90. The maximum Gasteiger partial charge on any atom is 0.224 e. The second kappa shape index (κ2) is 7.95. The maximum absolute atomic E-state index is 12.2. The predicted molar refractivity (Wildman–Crippen MR) is 101 cm³/mol. The van der Waals surface area contributed by atoms with Crippen molar-refractivity contribution in [3.05, 3.63) is 59.4 Å². The van der Waals surface area contributed by atoms with Gasteiger partial charge in [0, 0.05) is 17.0 Å². The predicted octanol–water partition coefficient (Wildman–Crippen LogP) is 3.80. The van der Waals surface area contributed by atoms with Gasteiger partial charge in [0.2, 0.25) is 5.91 Å². The number of aryl methyl sites for hydroxylation is 2. The summed E-state index contributed by atoms with van der Waals surface area (Å²) in [6, 6.07) is 11.4. The number of ether oxygens (including phenoxy) is 2. The van der Waals surface area contributed by atoms with Gasteiger partial charge in [0.05, 0.1) is 26.3 Å². The van der Waals surface area contributed by atoms with Gasteiger partial charge in [0.15, 0.2) is 0 Å². The minimum absolute atomic E-state index is 0.0554. The van der Waals surface area contributed by atoms with Crippen molar-refractivity contribution in [1.82, 2.24) is 5.32 Å². The van der Waals surface area contributed by atoms with Crippen LogP contribution in [0.2, 0.25) is 0 Å². The Bertz CT molecular complexity index is 914. The molecule has 0 aliphatic carbocycles. The molecule has 5 heteroatoms. The molecule has 0 spiro atoms. The van der Waals surface area contributed by atoms with E-state index in [4.69, 9.17) is 13.9 Å². The van der Waals surface area contributed by atoms with Gasteiger partial charge < -0.3 is 19.2 Å². The van der Waals surface area contributed by atoms with Crippen LogP contribution in [0.25, 0.3) is 11.0 Å². The van der Waals surface area contributed by atoms with Crippen molar-refractivity contribution in [2.24, 2.45) is 0 Å². The van der Waals surface area contributed by atoms with Gasteiger partial charge in [0.1, 0.15) is 23.7 Å². The molecule has 1 amide bonds. The molecule has 0 aliphatic heterocycles. The van der Waals surface area contributed by atoms with Gasteiger partial charge >= 0.3 is 0 Å². The number of fused-ring (bicyclic) bond motifs is 1. The molecule has 0 fully saturated rings. The van der Waals surface area contributed by atoms with E-state index in [1.165, 1.54) is 5.56 Å². The first kappa shape index (κ1) is 17.9. The van der Waals surface area contributed by atoms with E-state index >= 15 is 0 Å². The smallest absolute Gasteiger partial charge is 0.224 e. The number of hydrogen-bond acceptors (Lipinski definition) is 4. The lowest BCUT2D eigenvalue weighted by atomic mass is 10.0. The van der Waals surface area contributed by atoms with Crippen molar-refractivity contribution in [2.45, 2.75) is 20.3 Å². The molecule has 1 heterocycles. The van der Waals surface area contributed by atoms with E-state index in [0.29, 0.717) is 18.9 Å². The first-order chi connectivity index (χ1) is 12.6. The average molecular weight is 353 g/mol. The molecule has 0 bridgehead atoms. The number of methoxy groups -OCH3 is 1. The SMILES string of the molecule is COc1cccc(OCCNC(=O)Cc2coc3c(C)c(C)ccc23)c1. The average Bonchev–Trinajstić information content (AvgIpc) is 3.05. The van der Waals surface area contributed by atoms with Crippen molar-refractivity contribution in [3.63, 3.8) is 0 Å². The van der Waals surface area contributed by atoms with E-state index in [-0.39, 0.29) is 12.3 Å². The second-order valence-corrected chi connectivity index (χ2v) is 6.20. The van der Waals surface area contributed by atoms with E-state index in [9.17, 15) is 4.79 Å². The molecule has 26 heavy (non-hydrogen) atoms. The fraction of sp³-hybridized carbons (Fsp3) is 0.286. The number of nitrogens with one attached hydrogen (secondary N) is 1. The van der Waals surface area contributed by atoms with Crippen LogP contribution in [0.5, 0.6) is 11.5 Å². The van der Waals surface area contributed by atoms with Crippen LogP contribution in [0.1, 0.15) is 16.7 Å². The molecule has 3 aromatic rings. The first-order valence-electron chi connectivity index (χ1n) is 8.58. The summed E-state index contributed by atoms with van der Waals surface area (Å²) in [7, 11) is 1.61. The largest absolute Gasteiger partial charge is 0.497 e. The number of carbonyl (C=O) groups is 1. The highest BCUT2D eigenvalue weighted by Crippen LogP contribution is 2.26. The third-order valence-electron chi connectivity index (χ3n) is 4.43. The summed E-state index contributed by atoms with van der Waals surface area (Å²) < 4.78 is 16.4. The summed E-state index contributed by atoms with van der Waals surface area (Å²) in [5, 5.41) is 3.87. The van der Waals surface area contributed by atoms with Gasteiger partial charge in [-0.3, -0.25) is 4.79 Å². The minimum atomic E-state index is -0.0554. The Kier molecular flexibility index (Phi) is 5.46. The number of benzene rings is 2. The van der Waals surface area contributed by atoms with Crippen LogP contribution in [-0.4, -0.2) is 26.2 Å². The standard InChI is InChI=1S/C21H23NO4/c1-14-7-8-19-16(13-26-21(19)15(14)2)11-20(23)22-9-10-25-18-6-4-5-17(12-18)24-3/h4-8,12-13H,9-11H2,1-3H3,(H,22,23). The Balaban J connectivity index is 1.51. The van der Waals surface area contributed by atoms with Crippen molar-refractivity contribution in [1.29, 1.82) is 0 Å². The summed E-state index contributed by atoms with van der Waals surface area (Å²) in [5.41, 5.74) is 4.04. The monoisotopic (exact) mass is 353 g/mol. The zero-order valence-electron chi connectivity index (χ0n) is 15.3. The number of furan rings is 1. The Morgan fingerprint density at radius 3 is 2.77 bits per heavy atom. The Morgan fingerprint density at radius 2 is 1.96 bits per heavy atom. The van der Waals surface area contributed by atoms with E-state index in [0.717, 1.165) is 27.8 Å². The molecule has 0 saturated carbocycles. The molecule has 0 atom stereocenters.